The molecule has 4 N–H and O–H groups in total. The van der Waals surface area contributed by atoms with Crippen LogP contribution in [-0.4, -0.2) is 38.7 Å². The van der Waals surface area contributed by atoms with Gasteiger partial charge in [-0.15, -0.1) is 24.8 Å². The number of ether oxygens (including phenoxy) is 1. The number of piperidine rings is 1. The lowest BCUT2D eigenvalue weighted by atomic mass is 10.0. The number of rotatable bonds is 8. The van der Waals surface area contributed by atoms with Gasteiger partial charge in [-0.2, -0.15) is 0 Å². The van der Waals surface area contributed by atoms with E-state index in [1.54, 1.807) is 13.8 Å². The number of nitrogen functional groups attached to an aromatic ring is 1. The van der Waals surface area contributed by atoms with Gasteiger partial charge in [0.2, 0.25) is 10.0 Å². The van der Waals surface area contributed by atoms with E-state index in [9.17, 15) is 8.42 Å². The number of hydrogen-bond donors (Lipinski definition) is 3. The van der Waals surface area contributed by atoms with Crippen molar-refractivity contribution in [3.8, 4) is 5.75 Å². The maximum atomic E-state index is 13.3. The Morgan fingerprint density at radius 2 is 1.67 bits per heavy atom. The molecular formula is C26H34Cl2N4O3S. The normalized spacial score (nSPS) is 14.1. The van der Waals surface area contributed by atoms with Crippen molar-refractivity contribution < 1.29 is 13.2 Å². The molecule has 10 heteroatoms. The Morgan fingerprint density at radius 1 is 1.03 bits per heavy atom. The van der Waals surface area contributed by atoms with Crippen molar-refractivity contribution in [2.75, 3.05) is 17.4 Å². The highest BCUT2D eigenvalue weighted by Crippen LogP contribution is 2.28. The number of fused-ring (bicyclic) bond motifs is 1. The second-order valence-corrected chi connectivity index (χ2v) is 11.4. The topological polar surface area (TPSA) is 109 Å². The van der Waals surface area contributed by atoms with E-state index >= 15 is 0 Å². The molecule has 0 amide bonds. The average molecular weight is 554 g/mol. The first-order valence-electron chi connectivity index (χ1n) is 11.6. The van der Waals surface area contributed by atoms with E-state index in [0.717, 1.165) is 48.0 Å². The molecule has 0 radical (unpaired) electrons. The minimum absolute atomic E-state index is 0. The predicted molar refractivity (Wildman–Crippen MR) is 153 cm³/mol. The van der Waals surface area contributed by atoms with Gasteiger partial charge in [-0.25, -0.2) is 8.42 Å². The molecule has 36 heavy (non-hydrogen) atoms. The van der Waals surface area contributed by atoms with Crippen molar-refractivity contribution in [2.24, 2.45) is 5.73 Å². The SMILES string of the molecule is CC(C)S(=O)(=O)N(Cc1ccc2ccc(C(=N)N)cc2c1)c1ccc(OC2CCNCC2)cc1.Cl.Cl. The summed E-state index contributed by atoms with van der Waals surface area (Å²) < 4.78 is 34.1. The van der Waals surface area contributed by atoms with Gasteiger partial charge in [0.05, 0.1) is 17.5 Å². The van der Waals surface area contributed by atoms with Crippen LogP contribution in [0, 0.1) is 5.41 Å². The van der Waals surface area contributed by atoms with Crippen LogP contribution >= 0.6 is 24.8 Å². The van der Waals surface area contributed by atoms with Crippen molar-refractivity contribution in [3.63, 3.8) is 0 Å². The van der Waals surface area contributed by atoms with Gasteiger partial charge in [0.25, 0.3) is 0 Å². The molecule has 7 nitrogen and oxygen atoms in total. The molecule has 1 aliphatic heterocycles. The summed E-state index contributed by atoms with van der Waals surface area (Å²) in [5, 5.41) is 12.4. The Kier molecular flexibility index (Phi) is 10.4. The molecule has 3 aromatic rings. The summed E-state index contributed by atoms with van der Waals surface area (Å²) in [6.07, 6.45) is 2.10. The third-order valence-electron chi connectivity index (χ3n) is 6.16. The molecule has 0 aliphatic carbocycles. The average Bonchev–Trinajstić information content (AvgIpc) is 2.83. The summed E-state index contributed by atoms with van der Waals surface area (Å²) in [6.45, 7) is 5.48. The van der Waals surface area contributed by atoms with E-state index in [-0.39, 0.29) is 43.3 Å². The number of nitrogens with one attached hydrogen (secondary N) is 2. The van der Waals surface area contributed by atoms with Crippen LogP contribution in [0.3, 0.4) is 0 Å². The van der Waals surface area contributed by atoms with Crippen LogP contribution in [0.15, 0.2) is 60.7 Å². The zero-order valence-electron chi connectivity index (χ0n) is 20.4. The smallest absolute Gasteiger partial charge is 0.237 e. The number of amidine groups is 1. The largest absolute Gasteiger partial charge is 0.490 e. The van der Waals surface area contributed by atoms with Gasteiger partial charge in [-0.05, 0) is 92.5 Å². The number of halogens is 2. The van der Waals surface area contributed by atoms with Crippen molar-refractivity contribution >= 4 is 57.1 Å². The van der Waals surface area contributed by atoms with Crippen molar-refractivity contribution in [1.29, 1.82) is 5.41 Å². The van der Waals surface area contributed by atoms with Gasteiger partial charge in [-0.1, -0.05) is 24.3 Å². The molecule has 3 aromatic carbocycles. The minimum atomic E-state index is -3.58. The van der Waals surface area contributed by atoms with Crippen molar-refractivity contribution in [2.45, 2.75) is 44.6 Å². The van der Waals surface area contributed by atoms with E-state index < -0.39 is 15.3 Å². The summed E-state index contributed by atoms with van der Waals surface area (Å²) in [4.78, 5) is 0. The Labute approximate surface area is 225 Å². The lowest BCUT2D eigenvalue weighted by molar-refractivity contribution is 0.162. The summed E-state index contributed by atoms with van der Waals surface area (Å²) in [5.41, 5.74) is 7.74. The maximum Gasteiger partial charge on any atom is 0.237 e. The number of nitrogens with zero attached hydrogens (tertiary/aromatic N) is 1. The molecule has 1 fully saturated rings. The van der Waals surface area contributed by atoms with Crippen LogP contribution in [0.4, 0.5) is 5.69 Å². The summed E-state index contributed by atoms with van der Waals surface area (Å²) in [7, 11) is -3.58. The molecule has 0 saturated carbocycles. The van der Waals surface area contributed by atoms with Crippen LogP contribution in [0.1, 0.15) is 37.8 Å². The van der Waals surface area contributed by atoms with Gasteiger partial charge in [0.1, 0.15) is 17.7 Å². The van der Waals surface area contributed by atoms with Gasteiger partial charge in [0, 0.05) is 5.56 Å². The first-order valence-corrected chi connectivity index (χ1v) is 13.1. The van der Waals surface area contributed by atoms with Crippen LogP contribution in [-0.2, 0) is 16.6 Å². The quantitative estimate of drug-likeness (QED) is 0.273. The van der Waals surface area contributed by atoms with Crippen LogP contribution < -0.4 is 20.1 Å². The van der Waals surface area contributed by atoms with Gasteiger partial charge in [-0.3, -0.25) is 9.71 Å². The number of nitrogens with two attached hydrogens (primary N) is 1. The standard InChI is InChI=1S/C26H32N4O3S.2ClH/c1-18(2)34(31,32)30(23-7-9-24(10-8-23)33-25-11-13-29-14-12-25)17-19-3-4-20-5-6-21(26(27)28)16-22(20)15-19;;/h3-10,15-16,18,25,29H,11-14,17H2,1-2H3,(H3,27,28);2*1H. The van der Waals surface area contributed by atoms with E-state index in [0.29, 0.717) is 11.3 Å². The Hall–Kier alpha value is -2.52. The van der Waals surface area contributed by atoms with Gasteiger partial charge < -0.3 is 15.8 Å². The molecule has 196 valence electrons. The number of benzene rings is 3. The molecule has 1 saturated heterocycles. The van der Waals surface area contributed by atoms with Crippen molar-refractivity contribution in [1.82, 2.24) is 5.32 Å². The Bertz CT molecular complexity index is 1280. The van der Waals surface area contributed by atoms with E-state index in [1.807, 2.05) is 60.7 Å². The second kappa shape index (κ2) is 12.6. The number of sulfonamides is 1. The van der Waals surface area contributed by atoms with E-state index in [4.69, 9.17) is 15.9 Å². The third-order valence-corrected chi connectivity index (χ3v) is 8.30. The molecule has 0 aromatic heterocycles. The van der Waals surface area contributed by atoms with Crippen LogP contribution in [0.2, 0.25) is 0 Å². The maximum absolute atomic E-state index is 13.3. The first-order chi connectivity index (χ1) is 16.2. The molecule has 4 rings (SSSR count). The van der Waals surface area contributed by atoms with Crippen LogP contribution in [0.25, 0.3) is 10.8 Å². The molecule has 0 spiro atoms. The highest BCUT2D eigenvalue weighted by atomic mass is 35.5. The predicted octanol–water partition coefficient (Wildman–Crippen LogP) is 4.84. The molecule has 0 unspecified atom stereocenters. The highest BCUT2D eigenvalue weighted by Gasteiger charge is 2.27. The van der Waals surface area contributed by atoms with Gasteiger partial charge >= 0.3 is 0 Å². The van der Waals surface area contributed by atoms with Crippen molar-refractivity contribution in [3.05, 3.63) is 71.8 Å². The highest BCUT2D eigenvalue weighted by molar-refractivity contribution is 7.93. The molecule has 1 aliphatic rings. The van der Waals surface area contributed by atoms with Crippen LogP contribution in [0.5, 0.6) is 5.75 Å². The number of anilines is 1. The molecule has 0 bridgehead atoms. The second-order valence-electron chi connectivity index (χ2n) is 8.97. The summed E-state index contributed by atoms with van der Waals surface area (Å²) in [6, 6.07) is 18.8. The monoisotopic (exact) mass is 552 g/mol. The zero-order chi connectivity index (χ0) is 24.3. The fourth-order valence-corrected chi connectivity index (χ4v) is 5.36. The summed E-state index contributed by atoms with van der Waals surface area (Å²) >= 11 is 0. The van der Waals surface area contributed by atoms with E-state index in [2.05, 4.69) is 5.32 Å². The first kappa shape index (κ1) is 29.7. The summed E-state index contributed by atoms with van der Waals surface area (Å²) in [5.74, 6) is 0.753. The van der Waals surface area contributed by atoms with Gasteiger partial charge in [0.15, 0.2) is 0 Å². The zero-order valence-corrected chi connectivity index (χ0v) is 22.9. The fourth-order valence-electron chi connectivity index (χ4n) is 4.11. The fraction of sp³-hybridized carbons (Fsp3) is 0.346. The molecule has 1 heterocycles. The molecule has 0 atom stereocenters. The number of hydrogen-bond acceptors (Lipinski definition) is 5. The third kappa shape index (κ3) is 6.82. The molecular weight excluding hydrogens is 519 g/mol. The lowest BCUT2D eigenvalue weighted by Gasteiger charge is -2.27. The van der Waals surface area contributed by atoms with E-state index in [1.165, 1.54) is 4.31 Å². The lowest BCUT2D eigenvalue weighted by Crippen LogP contribution is -2.36. The minimum Gasteiger partial charge on any atom is -0.490 e. The Balaban J connectivity index is 0.00000228. The Morgan fingerprint density at radius 3 is 2.28 bits per heavy atom.